The minimum atomic E-state index is 0.0888. The van der Waals surface area contributed by atoms with E-state index in [0.717, 1.165) is 34.5 Å². The van der Waals surface area contributed by atoms with Gasteiger partial charge in [0, 0.05) is 12.1 Å². The Kier molecular flexibility index (Phi) is 4.24. The fourth-order valence-corrected chi connectivity index (χ4v) is 2.65. The lowest BCUT2D eigenvalue weighted by Crippen LogP contribution is -2.21. The maximum atomic E-state index is 5.40. The van der Waals surface area contributed by atoms with E-state index in [2.05, 4.69) is 39.3 Å². The number of halogens is 1. The zero-order chi connectivity index (χ0) is 13.1. The smallest absolute Gasteiger partial charge is 0.101 e. The lowest BCUT2D eigenvalue weighted by Gasteiger charge is -2.17. The van der Waals surface area contributed by atoms with Gasteiger partial charge in [-0.3, -0.25) is 4.68 Å². The lowest BCUT2D eigenvalue weighted by molar-refractivity contribution is 0.514. The molecule has 1 atom stereocenters. The molecule has 0 fully saturated rings. The van der Waals surface area contributed by atoms with Gasteiger partial charge < -0.3 is 9.73 Å². The highest BCUT2D eigenvalue weighted by molar-refractivity contribution is 9.10. The molecule has 5 heteroatoms. The molecule has 0 aliphatic rings. The van der Waals surface area contributed by atoms with Crippen LogP contribution in [-0.2, 0) is 6.54 Å². The van der Waals surface area contributed by atoms with Crippen molar-refractivity contribution in [3.63, 3.8) is 0 Å². The van der Waals surface area contributed by atoms with Gasteiger partial charge in [-0.05, 0) is 42.4 Å². The van der Waals surface area contributed by atoms with E-state index in [0.29, 0.717) is 0 Å². The summed E-state index contributed by atoms with van der Waals surface area (Å²) in [5.41, 5.74) is 2.26. The number of rotatable bonds is 5. The third-order valence-electron chi connectivity index (χ3n) is 2.91. The highest BCUT2D eigenvalue weighted by Crippen LogP contribution is 2.29. The minimum absolute atomic E-state index is 0.0888. The number of hydrogen-bond donors (Lipinski definition) is 1. The molecular weight excluding hydrogens is 294 g/mol. The molecule has 98 valence electrons. The highest BCUT2D eigenvalue weighted by Gasteiger charge is 2.21. The summed E-state index contributed by atoms with van der Waals surface area (Å²) in [6, 6.07) is 2.14. The van der Waals surface area contributed by atoms with E-state index in [1.54, 1.807) is 6.26 Å². The van der Waals surface area contributed by atoms with E-state index in [1.165, 1.54) is 0 Å². The van der Waals surface area contributed by atoms with Crippen molar-refractivity contribution in [3.8, 4) is 0 Å². The lowest BCUT2D eigenvalue weighted by atomic mass is 10.1. The molecule has 0 radical (unpaired) electrons. The second-order valence-corrected chi connectivity index (χ2v) is 5.17. The average Bonchev–Trinajstić information content (AvgIpc) is 2.91. The van der Waals surface area contributed by atoms with Gasteiger partial charge in [-0.25, -0.2) is 0 Å². The minimum Gasteiger partial charge on any atom is -0.469 e. The van der Waals surface area contributed by atoms with E-state index >= 15 is 0 Å². The van der Waals surface area contributed by atoms with E-state index < -0.39 is 0 Å². The van der Waals surface area contributed by atoms with Gasteiger partial charge >= 0.3 is 0 Å². The Hall–Kier alpha value is -1.07. The quantitative estimate of drug-likeness (QED) is 0.921. The summed E-state index contributed by atoms with van der Waals surface area (Å²) in [5, 5.41) is 7.73. The molecule has 2 aromatic heterocycles. The Morgan fingerprint density at radius 3 is 2.89 bits per heavy atom. The molecule has 2 heterocycles. The Labute approximate surface area is 115 Å². The van der Waals surface area contributed by atoms with Crippen LogP contribution in [0, 0.1) is 6.92 Å². The topological polar surface area (TPSA) is 43.0 Å². The van der Waals surface area contributed by atoms with Crippen LogP contribution in [-0.4, -0.2) is 16.8 Å². The molecule has 0 aliphatic heterocycles. The van der Waals surface area contributed by atoms with Gasteiger partial charge in [0.25, 0.3) is 0 Å². The van der Waals surface area contributed by atoms with Gasteiger partial charge in [0.15, 0.2) is 0 Å². The van der Waals surface area contributed by atoms with Crippen LogP contribution in [0.25, 0.3) is 0 Å². The fraction of sp³-hybridized carbons (Fsp3) is 0.462. The molecule has 2 rings (SSSR count). The number of aromatic nitrogens is 2. The largest absolute Gasteiger partial charge is 0.469 e. The first-order valence-electron chi connectivity index (χ1n) is 6.10. The maximum Gasteiger partial charge on any atom is 0.101 e. The predicted molar refractivity (Wildman–Crippen MR) is 74.6 cm³/mol. The van der Waals surface area contributed by atoms with E-state index in [9.17, 15) is 0 Å². The SMILES string of the molecule is CCCn1ncc(Br)c1C(NC)c1coc(C)c1. The summed E-state index contributed by atoms with van der Waals surface area (Å²) >= 11 is 3.58. The molecule has 0 aliphatic carbocycles. The monoisotopic (exact) mass is 311 g/mol. The van der Waals surface area contributed by atoms with Gasteiger partial charge in [0.05, 0.1) is 28.7 Å². The average molecular weight is 312 g/mol. The van der Waals surface area contributed by atoms with Crippen LogP contribution in [0.5, 0.6) is 0 Å². The molecule has 4 nitrogen and oxygen atoms in total. The van der Waals surface area contributed by atoms with Crippen molar-refractivity contribution < 1.29 is 4.42 Å². The number of nitrogens with one attached hydrogen (secondary N) is 1. The predicted octanol–water partition coefficient (Wildman–Crippen LogP) is 3.27. The highest BCUT2D eigenvalue weighted by atomic mass is 79.9. The van der Waals surface area contributed by atoms with E-state index in [1.807, 2.05) is 24.9 Å². The zero-order valence-corrected chi connectivity index (χ0v) is 12.5. The summed E-state index contributed by atoms with van der Waals surface area (Å²) in [4.78, 5) is 0. The molecule has 18 heavy (non-hydrogen) atoms. The molecule has 0 spiro atoms. The van der Waals surface area contributed by atoms with Gasteiger partial charge in [-0.15, -0.1) is 0 Å². The number of hydrogen-bond acceptors (Lipinski definition) is 3. The van der Waals surface area contributed by atoms with Gasteiger partial charge in [0.2, 0.25) is 0 Å². The van der Waals surface area contributed by atoms with Crippen LogP contribution >= 0.6 is 15.9 Å². The fourth-order valence-electron chi connectivity index (χ4n) is 2.13. The molecule has 0 bridgehead atoms. The normalized spacial score (nSPS) is 12.9. The van der Waals surface area contributed by atoms with Crippen LogP contribution in [0.4, 0.5) is 0 Å². The van der Waals surface area contributed by atoms with Crippen molar-refractivity contribution >= 4 is 15.9 Å². The molecule has 2 aromatic rings. The van der Waals surface area contributed by atoms with Gasteiger partial charge in [0.1, 0.15) is 5.76 Å². The molecule has 0 amide bonds. The maximum absolute atomic E-state index is 5.40. The standard InChI is InChI=1S/C13H18BrN3O/c1-4-5-17-13(11(14)7-16-17)12(15-3)10-6-9(2)18-8-10/h6-8,12,15H,4-5H2,1-3H3. The van der Waals surface area contributed by atoms with Gasteiger partial charge in [-0.2, -0.15) is 5.10 Å². The van der Waals surface area contributed by atoms with Crippen LogP contribution in [0.15, 0.2) is 27.4 Å². The Balaban J connectivity index is 2.41. The summed E-state index contributed by atoms with van der Waals surface area (Å²) in [5.74, 6) is 0.919. The van der Waals surface area contributed by atoms with E-state index in [-0.39, 0.29) is 6.04 Å². The third-order valence-corrected chi connectivity index (χ3v) is 3.53. The summed E-state index contributed by atoms with van der Waals surface area (Å²) < 4.78 is 8.46. The van der Waals surface area contributed by atoms with Crippen molar-refractivity contribution in [1.29, 1.82) is 0 Å². The first kappa shape index (κ1) is 13.4. The van der Waals surface area contributed by atoms with Crippen molar-refractivity contribution in [1.82, 2.24) is 15.1 Å². The van der Waals surface area contributed by atoms with Crippen molar-refractivity contribution in [2.75, 3.05) is 7.05 Å². The first-order valence-corrected chi connectivity index (χ1v) is 6.90. The number of nitrogens with zero attached hydrogens (tertiary/aromatic N) is 2. The Morgan fingerprint density at radius 2 is 2.33 bits per heavy atom. The van der Waals surface area contributed by atoms with Crippen molar-refractivity contribution in [3.05, 3.63) is 40.0 Å². The molecule has 1 unspecified atom stereocenters. The molecular formula is C13H18BrN3O. The molecule has 0 aromatic carbocycles. The van der Waals surface area contributed by atoms with Crippen LogP contribution < -0.4 is 5.32 Å². The Morgan fingerprint density at radius 1 is 1.56 bits per heavy atom. The summed E-state index contributed by atoms with van der Waals surface area (Å²) in [7, 11) is 1.95. The summed E-state index contributed by atoms with van der Waals surface area (Å²) in [6.07, 6.45) is 4.70. The summed E-state index contributed by atoms with van der Waals surface area (Å²) in [6.45, 7) is 5.01. The second kappa shape index (κ2) is 5.71. The van der Waals surface area contributed by atoms with E-state index in [4.69, 9.17) is 4.42 Å². The molecule has 0 saturated carbocycles. The second-order valence-electron chi connectivity index (χ2n) is 4.31. The van der Waals surface area contributed by atoms with Crippen LogP contribution in [0.1, 0.15) is 36.4 Å². The Bertz CT molecular complexity index is 518. The van der Waals surface area contributed by atoms with Crippen molar-refractivity contribution in [2.24, 2.45) is 0 Å². The molecule has 0 saturated heterocycles. The van der Waals surface area contributed by atoms with Crippen LogP contribution in [0.3, 0.4) is 0 Å². The first-order chi connectivity index (χ1) is 8.67. The van der Waals surface area contributed by atoms with Gasteiger partial charge in [-0.1, -0.05) is 6.92 Å². The number of aryl methyl sites for hydroxylation is 2. The van der Waals surface area contributed by atoms with Crippen LogP contribution in [0.2, 0.25) is 0 Å². The zero-order valence-electron chi connectivity index (χ0n) is 10.9. The molecule has 1 N–H and O–H groups in total. The third kappa shape index (κ3) is 2.52. The number of furan rings is 1. The van der Waals surface area contributed by atoms with Crippen molar-refractivity contribution in [2.45, 2.75) is 32.9 Å².